The van der Waals surface area contributed by atoms with Crippen LogP contribution >= 0.6 is 7.82 Å². The summed E-state index contributed by atoms with van der Waals surface area (Å²) in [5.74, 6) is -1.03. The highest BCUT2D eigenvalue weighted by molar-refractivity contribution is 7.47. The second-order valence-corrected chi connectivity index (χ2v) is 5.61. The lowest BCUT2D eigenvalue weighted by Crippen LogP contribution is -2.24. The molecule has 19 heavy (non-hydrogen) atoms. The number of Topliss-reactive ketones (excluding diaryl/α,β-unsaturated/α-hetero) is 2. The van der Waals surface area contributed by atoms with Crippen LogP contribution in [0.1, 0.15) is 27.7 Å². The van der Waals surface area contributed by atoms with Gasteiger partial charge in [0.25, 0.3) is 0 Å². The Morgan fingerprint density at radius 3 is 1.47 bits per heavy atom. The molecular weight excluding hydrogens is 271 g/mol. The number of carbonyl (C=O) groups excluding carboxylic acids is 2. The van der Waals surface area contributed by atoms with Gasteiger partial charge in [0.15, 0.2) is 11.6 Å². The van der Waals surface area contributed by atoms with E-state index in [9.17, 15) is 19.0 Å². The molecule has 0 saturated heterocycles. The van der Waals surface area contributed by atoms with Gasteiger partial charge in [-0.05, 0) is 38.8 Å². The van der Waals surface area contributed by atoms with Gasteiger partial charge in [0, 0.05) is 0 Å². The van der Waals surface area contributed by atoms with Gasteiger partial charge in [-0.1, -0.05) is 13.2 Å². The predicted molar refractivity (Wildman–Crippen MR) is 70.6 cm³/mol. The van der Waals surface area contributed by atoms with E-state index >= 15 is 0 Å². The third-order valence-corrected chi connectivity index (χ3v) is 3.33. The van der Waals surface area contributed by atoms with Crippen molar-refractivity contribution in [2.24, 2.45) is 0 Å². The fourth-order valence-electron chi connectivity index (χ4n) is 1.21. The molecule has 0 heterocycles. The Labute approximate surface area is 112 Å². The third kappa shape index (κ3) is 6.07. The summed E-state index contributed by atoms with van der Waals surface area (Å²) in [5, 5.41) is 0. The second kappa shape index (κ2) is 6.91. The maximum Gasteiger partial charge on any atom is 0.473 e. The molecule has 6 nitrogen and oxygen atoms in total. The van der Waals surface area contributed by atoms with Crippen molar-refractivity contribution in [1.29, 1.82) is 0 Å². The van der Waals surface area contributed by atoms with Crippen LogP contribution in [0, 0.1) is 0 Å². The molecule has 0 aromatic rings. The molecule has 0 fully saturated rings. The maximum atomic E-state index is 11.6. The Morgan fingerprint density at radius 2 is 1.26 bits per heavy atom. The number of rotatable bonds is 8. The number of carbonyl (C=O) groups is 2. The first-order valence-electron chi connectivity index (χ1n) is 5.57. The van der Waals surface area contributed by atoms with E-state index in [-0.39, 0.29) is 11.1 Å². The van der Waals surface area contributed by atoms with Crippen LogP contribution in [0.2, 0.25) is 0 Å². The monoisotopic (exact) mass is 290 g/mol. The first-order valence-corrected chi connectivity index (χ1v) is 7.06. The zero-order valence-corrected chi connectivity index (χ0v) is 12.4. The Hall–Kier alpha value is -1.07. The van der Waals surface area contributed by atoms with Gasteiger partial charge in [0.2, 0.25) is 0 Å². The quantitative estimate of drug-likeness (QED) is 0.544. The number of ketones is 2. The van der Waals surface area contributed by atoms with Crippen LogP contribution < -0.4 is 0 Å². The molecule has 0 radical (unpaired) electrons. The van der Waals surface area contributed by atoms with Crippen LogP contribution in [0.5, 0.6) is 0 Å². The zero-order valence-electron chi connectivity index (χ0n) is 11.5. The minimum Gasteiger partial charge on any atom is -0.302 e. The van der Waals surface area contributed by atoms with Crippen LogP contribution in [-0.4, -0.2) is 28.7 Å². The maximum absolute atomic E-state index is 11.6. The fourth-order valence-corrected chi connectivity index (χ4v) is 2.25. The van der Waals surface area contributed by atoms with Crippen molar-refractivity contribution in [2.45, 2.75) is 39.9 Å². The Kier molecular flexibility index (Phi) is 6.52. The Bertz CT molecular complexity index is 415. The average molecular weight is 290 g/mol. The van der Waals surface area contributed by atoms with Gasteiger partial charge in [-0.2, -0.15) is 0 Å². The molecule has 7 heteroatoms. The van der Waals surface area contributed by atoms with Gasteiger partial charge >= 0.3 is 7.82 Å². The van der Waals surface area contributed by atoms with E-state index in [1.807, 2.05) is 0 Å². The lowest BCUT2D eigenvalue weighted by atomic mass is 10.1. The van der Waals surface area contributed by atoms with E-state index < -0.39 is 31.6 Å². The van der Waals surface area contributed by atoms with Crippen LogP contribution in [-0.2, 0) is 23.2 Å². The van der Waals surface area contributed by atoms with Crippen LogP contribution in [0.25, 0.3) is 0 Å². The highest BCUT2D eigenvalue weighted by Crippen LogP contribution is 2.46. The van der Waals surface area contributed by atoms with E-state index in [0.717, 1.165) is 0 Å². The molecule has 0 bridgehead atoms. The van der Waals surface area contributed by atoms with Gasteiger partial charge in [-0.3, -0.25) is 18.6 Å². The molecule has 2 unspecified atom stereocenters. The van der Waals surface area contributed by atoms with E-state index in [1.54, 1.807) is 0 Å². The smallest absolute Gasteiger partial charge is 0.302 e. The van der Waals surface area contributed by atoms with E-state index in [0.29, 0.717) is 0 Å². The van der Waals surface area contributed by atoms with Crippen LogP contribution in [0.4, 0.5) is 0 Å². The topological polar surface area (TPSA) is 89.9 Å². The van der Waals surface area contributed by atoms with Crippen molar-refractivity contribution < 1.29 is 28.1 Å². The molecule has 0 aromatic heterocycles. The van der Waals surface area contributed by atoms with E-state index in [2.05, 4.69) is 22.2 Å². The lowest BCUT2D eigenvalue weighted by Gasteiger charge is -2.19. The van der Waals surface area contributed by atoms with E-state index in [4.69, 9.17) is 0 Å². The molecule has 0 aliphatic rings. The standard InChI is InChI=1S/C12H19O6P/c1-7(2)11(13)9(5)17-19(15,16)18-10(6)12(14)8(3)4/h9-10H,1,3H2,2,4-6H3,(H,15,16). The first kappa shape index (κ1) is 17.9. The molecule has 0 spiro atoms. The Morgan fingerprint density at radius 1 is 1.00 bits per heavy atom. The van der Waals surface area contributed by atoms with Gasteiger partial charge in [0.1, 0.15) is 12.2 Å². The molecule has 0 aliphatic heterocycles. The van der Waals surface area contributed by atoms with Crippen molar-refractivity contribution in [3.63, 3.8) is 0 Å². The van der Waals surface area contributed by atoms with Crippen molar-refractivity contribution in [1.82, 2.24) is 0 Å². The highest BCUT2D eigenvalue weighted by atomic mass is 31.2. The molecule has 108 valence electrons. The van der Waals surface area contributed by atoms with Gasteiger partial charge in [-0.25, -0.2) is 4.57 Å². The lowest BCUT2D eigenvalue weighted by molar-refractivity contribution is -0.124. The molecule has 0 saturated carbocycles. The molecular formula is C12H19O6P. The SMILES string of the molecule is C=C(C)C(=O)C(C)OP(=O)(O)OC(C)C(=O)C(=C)C. The highest BCUT2D eigenvalue weighted by Gasteiger charge is 2.32. The summed E-state index contributed by atoms with van der Waals surface area (Å²) >= 11 is 0. The van der Waals surface area contributed by atoms with Crippen LogP contribution in [0.15, 0.2) is 24.3 Å². The van der Waals surface area contributed by atoms with Crippen molar-refractivity contribution in [3.05, 3.63) is 24.3 Å². The molecule has 0 rings (SSSR count). The van der Waals surface area contributed by atoms with Crippen molar-refractivity contribution >= 4 is 19.4 Å². The number of hydrogen-bond donors (Lipinski definition) is 1. The van der Waals surface area contributed by atoms with Gasteiger partial charge in [0.05, 0.1) is 0 Å². The summed E-state index contributed by atoms with van der Waals surface area (Å²) < 4.78 is 21.0. The normalized spacial score (nSPS) is 17.1. The summed E-state index contributed by atoms with van der Waals surface area (Å²) in [4.78, 5) is 32.4. The fraction of sp³-hybridized carbons (Fsp3) is 0.500. The molecule has 0 amide bonds. The number of phosphoric acid groups is 1. The minimum atomic E-state index is -4.52. The van der Waals surface area contributed by atoms with Gasteiger partial charge < -0.3 is 4.89 Å². The number of hydrogen-bond acceptors (Lipinski definition) is 5. The summed E-state index contributed by atoms with van der Waals surface area (Å²) in [7, 11) is -4.52. The van der Waals surface area contributed by atoms with Crippen LogP contribution in [0.3, 0.4) is 0 Å². The predicted octanol–water partition coefficient (Wildman–Crippen LogP) is 2.19. The first-order chi connectivity index (χ1) is 8.48. The summed E-state index contributed by atoms with van der Waals surface area (Å²) in [5.41, 5.74) is 0.386. The molecule has 0 aromatic carbocycles. The van der Waals surface area contributed by atoms with Crippen molar-refractivity contribution in [3.8, 4) is 0 Å². The molecule has 0 aliphatic carbocycles. The second-order valence-electron chi connectivity index (χ2n) is 4.25. The van der Waals surface area contributed by atoms with Gasteiger partial charge in [-0.15, -0.1) is 0 Å². The summed E-state index contributed by atoms with van der Waals surface area (Å²) in [6.45, 7) is 12.3. The van der Waals surface area contributed by atoms with Crippen molar-refractivity contribution in [2.75, 3.05) is 0 Å². The molecule has 1 N–H and O–H groups in total. The minimum absolute atomic E-state index is 0.193. The summed E-state index contributed by atoms with van der Waals surface area (Å²) in [6, 6.07) is 0. The largest absolute Gasteiger partial charge is 0.473 e. The Balaban J connectivity index is 4.69. The summed E-state index contributed by atoms with van der Waals surface area (Å²) in [6.07, 6.45) is -2.36. The number of phosphoric ester groups is 1. The molecule has 2 atom stereocenters. The third-order valence-electron chi connectivity index (χ3n) is 2.16. The zero-order chi connectivity index (χ0) is 15.4. The van der Waals surface area contributed by atoms with E-state index in [1.165, 1.54) is 27.7 Å². The average Bonchev–Trinajstić information content (AvgIpc) is 2.24.